The second-order valence-electron chi connectivity index (χ2n) is 23.4. The van der Waals surface area contributed by atoms with Crippen LogP contribution in [0.25, 0.3) is 0 Å². The van der Waals surface area contributed by atoms with Crippen LogP contribution in [-0.2, 0) is 70.3 Å². The summed E-state index contributed by atoms with van der Waals surface area (Å²) in [5, 5.41) is 70.2. The number of Topliss-reactive ketones (excluding diaryl/α,β-unsaturated/α-hetero) is 1. The van der Waals surface area contributed by atoms with Crippen molar-refractivity contribution in [3.05, 3.63) is 178 Å². The van der Waals surface area contributed by atoms with Crippen LogP contribution in [0.3, 0.4) is 0 Å². The SMILES string of the molecule is CC(=O)O[C@H]1C(=O)[C@@]2(C)[C@H]([C@H](OC(=O)c3ccccc3)[C@]3(O)C[C@H](OC(=O)[C@H](O)[C@@H](NC(=O)c4ccccc4)c4ccccc4)C(C)=C1C3(C)C)[C@]1(OC(C)=O)CO[C@@H]1C[C@@H]2O.C[C@](O)(COc1ccc(C#N)cc1)C(=O)Nc1ccc(C#N)c(C(F)(F)F)c1.N.N.[Cl][Pt][Cl]. The van der Waals surface area contributed by atoms with Crippen molar-refractivity contribution in [1.29, 1.82) is 10.5 Å². The number of ether oxygens (including phenoxy) is 6. The van der Waals surface area contributed by atoms with E-state index in [2.05, 4.69) is 10.6 Å². The number of aliphatic hydroxyl groups excluding tert-OH is 2. The summed E-state index contributed by atoms with van der Waals surface area (Å²) in [6.07, 6.45) is -15.3. The summed E-state index contributed by atoms with van der Waals surface area (Å²) >= 11 is -0.472. The van der Waals surface area contributed by atoms with Crippen molar-refractivity contribution in [2.45, 2.75) is 127 Å². The predicted octanol–water partition coefficient (Wildman–Crippen LogP) is 8.65. The Balaban J connectivity index is 0.000000415. The summed E-state index contributed by atoms with van der Waals surface area (Å²) < 4.78 is 74.6. The van der Waals surface area contributed by atoms with Crippen LogP contribution in [0.15, 0.2) is 145 Å². The Morgan fingerprint density at radius 2 is 1.39 bits per heavy atom. The van der Waals surface area contributed by atoms with Crippen LogP contribution in [-0.4, -0.2) is 129 Å². The minimum atomic E-state index is -4.77. The summed E-state index contributed by atoms with van der Waals surface area (Å²) in [7, 11) is 9.75. The van der Waals surface area contributed by atoms with E-state index >= 15 is 4.79 Å². The van der Waals surface area contributed by atoms with Crippen LogP contribution < -0.4 is 27.7 Å². The van der Waals surface area contributed by atoms with Gasteiger partial charge in [0, 0.05) is 43.4 Å². The molecule has 1 saturated heterocycles. The summed E-state index contributed by atoms with van der Waals surface area (Å²) in [5.74, 6) is -7.53. The maximum absolute atomic E-state index is 15.5. The zero-order valence-electron chi connectivity index (χ0n) is 52.3. The Morgan fingerprint density at radius 3 is 1.91 bits per heavy atom. The number of nitrogens with zero attached hydrogens (tertiary/aromatic N) is 2. The molecule has 0 aromatic heterocycles. The van der Waals surface area contributed by atoms with Gasteiger partial charge in [-0.15, -0.1) is 0 Å². The normalized spacial score (nSPS) is 24.8. The molecule has 512 valence electrons. The van der Waals surface area contributed by atoms with Crippen LogP contribution in [0.2, 0.25) is 0 Å². The van der Waals surface area contributed by atoms with Crippen molar-refractivity contribution in [3.8, 4) is 17.9 Å². The number of anilines is 1. The molecule has 2 saturated carbocycles. The number of esters is 4. The summed E-state index contributed by atoms with van der Waals surface area (Å²) in [4.78, 5) is 95.7. The maximum atomic E-state index is 15.5. The molecule has 3 aliphatic carbocycles. The van der Waals surface area contributed by atoms with E-state index in [0.29, 0.717) is 22.9 Å². The number of carbonyl (C=O) groups is 7. The van der Waals surface area contributed by atoms with Crippen molar-refractivity contribution >= 4 is 66.0 Å². The number of fused-ring (bicyclic) bond motifs is 5. The second kappa shape index (κ2) is 31.6. The number of ketones is 1. The molecule has 9 rings (SSSR count). The summed E-state index contributed by atoms with van der Waals surface area (Å²) in [6.45, 7) is 8.63. The van der Waals surface area contributed by atoms with Gasteiger partial charge in [0.1, 0.15) is 36.3 Å². The molecule has 5 aromatic rings. The van der Waals surface area contributed by atoms with Crippen molar-refractivity contribution in [2.75, 3.05) is 18.5 Å². The van der Waals surface area contributed by atoms with E-state index in [0.717, 1.165) is 32.9 Å². The van der Waals surface area contributed by atoms with Gasteiger partial charge in [0.15, 0.2) is 29.2 Å². The Kier molecular flexibility index (Phi) is 25.8. The fraction of sp³-hybridized carbons (Fsp3) is 0.379. The van der Waals surface area contributed by atoms with Gasteiger partial charge in [0.05, 0.1) is 64.5 Å². The molecular formula is C66H71Cl2F3N6O17Pt. The first-order chi connectivity index (χ1) is 43.7. The van der Waals surface area contributed by atoms with Gasteiger partial charge in [-0.25, -0.2) is 9.59 Å². The predicted molar refractivity (Wildman–Crippen MR) is 332 cm³/mol. The molecule has 1 heterocycles. The van der Waals surface area contributed by atoms with Crippen LogP contribution in [0.4, 0.5) is 18.9 Å². The Morgan fingerprint density at radius 1 is 0.821 bits per heavy atom. The average molecular weight is 1540 g/mol. The van der Waals surface area contributed by atoms with E-state index in [4.69, 9.17) is 57.8 Å². The molecule has 12 N–H and O–H groups in total. The van der Waals surface area contributed by atoms with Crippen molar-refractivity contribution in [1.82, 2.24) is 17.6 Å². The zero-order valence-corrected chi connectivity index (χ0v) is 56.0. The molecule has 95 heavy (non-hydrogen) atoms. The Labute approximate surface area is 561 Å². The Bertz CT molecular complexity index is 3730. The molecule has 2 amide bonds. The number of hydrogen-bond donors (Lipinski definition) is 8. The summed E-state index contributed by atoms with van der Waals surface area (Å²) in [6, 6.07) is 34.9. The third-order valence-electron chi connectivity index (χ3n) is 17.2. The fourth-order valence-corrected chi connectivity index (χ4v) is 12.3. The third-order valence-corrected chi connectivity index (χ3v) is 17.2. The number of nitrogens with one attached hydrogen (secondary N) is 2. The number of alkyl halides is 3. The topological polar surface area (TPSA) is 397 Å². The molecule has 29 heteroatoms. The molecular weight excluding hydrogens is 1470 g/mol. The van der Waals surface area contributed by atoms with Gasteiger partial charge in [-0.1, -0.05) is 80.6 Å². The number of aliphatic hydroxyl groups is 4. The first-order valence-electron chi connectivity index (χ1n) is 28.6. The van der Waals surface area contributed by atoms with Gasteiger partial charge in [0.25, 0.3) is 11.8 Å². The molecule has 0 radical (unpaired) electrons. The number of nitriles is 2. The van der Waals surface area contributed by atoms with Gasteiger partial charge in [0.2, 0.25) is 0 Å². The standard InChI is InChI=1S/C47H51NO14.C19H14F3N3O3.2ClH.2H3N.Pt/c1-25-31(60-43(56)36(52)35(28-16-10-7-11-17-28)48-41(54)29-18-12-8-13-19-29)23-47(57)40(61-42(55)30-20-14-9-15-21-30)38-45(6,32(51)22-33-46(38,24-58-33)62-27(3)50)39(53)37(59-26(2)49)34(25)44(47,4)5;1-18(27,11-28-15-6-2-12(9-23)3-7-15)17(26)25-14-5-4-13(10-24)16(8-14)19(20,21)22;;;;;/h7-21,31-33,35-38,40,51-52,57H,22-24H2,1-6H3,(H,48,54);2-8,27H,11H2,1H3,(H,25,26);2*1H;2*1H3;/q;;;;;;+2/p-2/t31-,32-,33+,35-,36+,37+,38-,40-,45+,46-,47+;18-;;;;;/m00...../s1. The minimum absolute atomic E-state index is 0. The quantitative estimate of drug-likeness (QED) is 0.0276. The number of hydrogen-bond acceptors (Lipinski definition) is 21. The molecule has 12 atom stereocenters. The van der Waals surface area contributed by atoms with E-state index < -0.39 is 165 Å². The zero-order chi connectivity index (χ0) is 68.6. The molecule has 4 aliphatic rings. The van der Waals surface area contributed by atoms with Crippen LogP contribution in [0.1, 0.15) is 110 Å². The van der Waals surface area contributed by atoms with Gasteiger partial charge in [-0.3, -0.25) is 24.0 Å². The van der Waals surface area contributed by atoms with E-state index in [1.165, 1.54) is 56.3 Å². The molecule has 0 unspecified atom stereocenters. The van der Waals surface area contributed by atoms with Gasteiger partial charge >= 0.3 is 65.4 Å². The second-order valence-corrected chi connectivity index (χ2v) is 26.7. The first kappa shape index (κ1) is 77.6. The van der Waals surface area contributed by atoms with Crippen molar-refractivity contribution in [2.24, 2.45) is 16.7 Å². The van der Waals surface area contributed by atoms with E-state index in [-0.39, 0.29) is 53.3 Å². The summed E-state index contributed by atoms with van der Waals surface area (Å²) in [5.41, 5.74) is -10.7. The number of carbonyl (C=O) groups excluding carboxylic acids is 7. The molecule has 2 bridgehead atoms. The first-order valence-corrected chi connectivity index (χ1v) is 34.2. The fourth-order valence-electron chi connectivity index (χ4n) is 12.3. The molecule has 3 fully saturated rings. The van der Waals surface area contributed by atoms with Gasteiger partial charge in [-0.05, 0) is 104 Å². The molecule has 5 aromatic carbocycles. The number of benzene rings is 5. The number of amides is 2. The van der Waals surface area contributed by atoms with E-state index in [9.17, 15) is 62.4 Å². The molecule has 1 aliphatic heterocycles. The monoisotopic (exact) mass is 1540 g/mol. The number of halogens is 5. The Hall–Kier alpha value is -8.11. The van der Waals surface area contributed by atoms with Crippen LogP contribution in [0, 0.1) is 39.4 Å². The average Bonchev–Trinajstić information content (AvgIpc) is 0.670. The van der Waals surface area contributed by atoms with Crippen LogP contribution >= 0.6 is 18.8 Å². The third kappa shape index (κ3) is 16.4. The van der Waals surface area contributed by atoms with Crippen molar-refractivity contribution in [3.63, 3.8) is 0 Å². The van der Waals surface area contributed by atoms with Gasteiger partial charge in [-0.2, -0.15) is 23.7 Å². The van der Waals surface area contributed by atoms with Crippen LogP contribution in [0.5, 0.6) is 5.75 Å². The number of rotatable bonds is 15. The van der Waals surface area contributed by atoms with E-state index in [1.54, 1.807) is 92.7 Å². The molecule has 23 nitrogen and oxygen atoms in total. The molecule has 0 spiro atoms. The van der Waals surface area contributed by atoms with Crippen molar-refractivity contribution < 1.29 is 112 Å². The van der Waals surface area contributed by atoms with E-state index in [1.807, 2.05) is 6.07 Å². The van der Waals surface area contributed by atoms with Gasteiger partial charge < -0.3 is 71.8 Å².